The Bertz CT molecular complexity index is 91.5. The van der Waals surface area contributed by atoms with E-state index in [4.69, 9.17) is 13.3 Å². The van der Waals surface area contributed by atoms with Gasteiger partial charge in [0.2, 0.25) is 0 Å². The van der Waals surface area contributed by atoms with Gasteiger partial charge in [0.1, 0.15) is 0 Å². The molecule has 0 spiro atoms. The van der Waals surface area contributed by atoms with Crippen LogP contribution in [0.25, 0.3) is 0 Å². The fraction of sp³-hybridized carbons (Fsp3) is 0.600. The van der Waals surface area contributed by atoms with Crippen molar-refractivity contribution < 1.29 is 55.2 Å². The molecule has 11 heavy (non-hydrogen) atoms. The Morgan fingerprint density at radius 2 is 1.36 bits per heavy atom. The molecule has 0 bridgehead atoms. The van der Waals surface area contributed by atoms with E-state index in [9.17, 15) is 0 Å². The molecule has 0 saturated heterocycles. The Hall–Kier alpha value is 1.13. The number of rotatable bonds is 4. The molecule has 0 radical (unpaired) electrons. The van der Waals surface area contributed by atoms with Crippen LogP contribution >= 0.6 is 0 Å². The molecule has 0 aliphatic carbocycles. The molecule has 3 nitrogen and oxygen atoms in total. The zero-order valence-corrected chi connectivity index (χ0v) is 11.1. The van der Waals surface area contributed by atoms with Crippen molar-refractivity contribution in [3.8, 4) is 0 Å². The normalized spacial score (nSPS) is 9.36. The molecule has 0 heterocycles. The fourth-order valence-electron chi connectivity index (χ4n) is 0.500. The third-order valence-electron chi connectivity index (χ3n) is 1.10. The van der Waals surface area contributed by atoms with Crippen LogP contribution in [0.3, 0.4) is 0 Å². The van der Waals surface area contributed by atoms with Crippen LogP contribution < -0.4 is 42.0 Å². The summed E-state index contributed by atoms with van der Waals surface area (Å²) in [6.45, 7) is 3.53. The van der Waals surface area contributed by atoms with Crippen LogP contribution in [0.1, 0.15) is 0 Å². The monoisotopic (exact) mass is 206 g/mol. The predicted molar refractivity (Wildman–Crippen MR) is 37.0 cm³/mol. The molecule has 0 saturated carbocycles. The van der Waals surface area contributed by atoms with Crippen molar-refractivity contribution in [2.75, 3.05) is 21.3 Å². The van der Waals surface area contributed by atoms with Crippen LogP contribution in [-0.4, -0.2) is 30.1 Å². The van der Waals surface area contributed by atoms with Crippen LogP contribution in [-0.2, 0) is 13.3 Å². The molecule has 62 valence electrons. The summed E-state index contributed by atoms with van der Waals surface area (Å²) in [6.07, 6.45) is 0. The largest absolute Gasteiger partial charge is 1.00 e. The summed E-state index contributed by atoms with van der Waals surface area (Å²) in [7, 11) is 2.20. The van der Waals surface area contributed by atoms with Gasteiger partial charge in [0, 0.05) is 21.3 Å². The zero-order valence-electron chi connectivity index (χ0n) is 7.39. The smallest absolute Gasteiger partial charge is 1.00 e. The topological polar surface area (TPSA) is 27.7 Å². The van der Waals surface area contributed by atoms with Gasteiger partial charge in [-0.3, -0.25) is 0 Å². The van der Waals surface area contributed by atoms with Crippen LogP contribution in [0.4, 0.5) is 0 Å². The molecule has 0 rings (SSSR count). The predicted octanol–water partition coefficient (Wildman–Crippen LogP) is -5.40. The molecule has 0 aliphatic rings. The van der Waals surface area contributed by atoms with E-state index in [1.54, 1.807) is 27.0 Å². The fourth-order valence-corrected chi connectivity index (χ4v) is 1.50. The number of halogens is 1. The summed E-state index contributed by atoms with van der Waals surface area (Å²) in [6, 6.07) is 0. The first-order chi connectivity index (χ1) is 4.24. The maximum Gasteiger partial charge on any atom is 1.00 e. The molecule has 0 aromatic carbocycles. The summed E-state index contributed by atoms with van der Waals surface area (Å²) >= 11 is 0. The van der Waals surface area contributed by atoms with E-state index in [2.05, 4.69) is 6.58 Å². The minimum absolute atomic E-state index is 0. The van der Waals surface area contributed by atoms with Crippen LogP contribution in [0.15, 0.2) is 12.3 Å². The van der Waals surface area contributed by atoms with Gasteiger partial charge in [-0.1, -0.05) is 6.58 Å². The second-order valence-corrected chi connectivity index (χ2v) is 4.26. The minimum atomic E-state index is -2.43. The van der Waals surface area contributed by atoms with Gasteiger partial charge in [0.25, 0.3) is 0 Å². The van der Waals surface area contributed by atoms with Crippen molar-refractivity contribution in [2.45, 2.75) is 0 Å². The molecule has 0 amide bonds. The van der Waals surface area contributed by atoms with Gasteiger partial charge in [-0.25, -0.2) is 0 Å². The van der Waals surface area contributed by atoms with Crippen molar-refractivity contribution in [3.63, 3.8) is 0 Å². The average molecular weight is 207 g/mol. The second kappa shape index (κ2) is 9.22. The van der Waals surface area contributed by atoms with Gasteiger partial charge in [-0.15, -0.1) is 0 Å². The van der Waals surface area contributed by atoms with Crippen LogP contribution in [0.5, 0.6) is 0 Å². The number of hydrogen-bond donors (Lipinski definition) is 0. The Labute approximate surface area is 97.2 Å². The van der Waals surface area contributed by atoms with E-state index in [0.717, 1.165) is 0 Å². The molecule has 0 fully saturated rings. The van der Waals surface area contributed by atoms with E-state index in [1.165, 1.54) is 0 Å². The third-order valence-corrected chi connectivity index (χ3v) is 3.31. The van der Waals surface area contributed by atoms with Crippen molar-refractivity contribution in [1.29, 1.82) is 0 Å². The quantitative estimate of drug-likeness (QED) is 0.430. The van der Waals surface area contributed by atoms with Gasteiger partial charge >= 0.3 is 38.4 Å². The van der Waals surface area contributed by atoms with Crippen molar-refractivity contribution in [1.82, 2.24) is 0 Å². The first-order valence-electron chi connectivity index (χ1n) is 2.53. The average Bonchev–Trinajstić information content (AvgIpc) is 1.95. The van der Waals surface area contributed by atoms with E-state index in [-0.39, 0.29) is 42.0 Å². The molecule has 0 atom stereocenters. The Kier molecular flexibility index (Phi) is 15.1. The van der Waals surface area contributed by atoms with Gasteiger partial charge < -0.3 is 25.7 Å². The molecular weight excluding hydrogens is 195 g/mol. The van der Waals surface area contributed by atoms with Gasteiger partial charge in [-0.2, -0.15) is 0 Å². The minimum Gasteiger partial charge on any atom is -1.00 e. The molecule has 0 aliphatic heterocycles. The molecule has 0 aromatic rings. The molecule has 6 heteroatoms. The van der Waals surface area contributed by atoms with Crippen molar-refractivity contribution in [2.24, 2.45) is 0 Å². The maximum atomic E-state index is 4.96. The molecule has 0 aromatic heterocycles. The van der Waals surface area contributed by atoms with E-state index in [0.29, 0.717) is 0 Å². The Morgan fingerprint density at radius 3 is 1.36 bits per heavy atom. The van der Waals surface area contributed by atoms with Crippen molar-refractivity contribution >= 4 is 8.80 Å². The first-order valence-corrected chi connectivity index (χ1v) is 4.34. The summed E-state index contributed by atoms with van der Waals surface area (Å²) in [4.78, 5) is 0. The van der Waals surface area contributed by atoms with Crippen LogP contribution in [0.2, 0.25) is 0 Å². The summed E-state index contributed by atoms with van der Waals surface area (Å²) in [5.74, 6) is 0. The standard InChI is InChI=1S/C5H12O3Si.ClH.Na/c1-5-9(6-2,7-3)8-4;;/h5H,1H2,2-4H3;1H;/q;;+1/p-1. The SMILES string of the molecule is C=C[Si](OC)(OC)OC.[Cl-].[Na+]. The van der Waals surface area contributed by atoms with Crippen molar-refractivity contribution in [3.05, 3.63) is 12.3 Å². The summed E-state index contributed by atoms with van der Waals surface area (Å²) in [5, 5.41) is 0. The van der Waals surface area contributed by atoms with E-state index < -0.39 is 8.80 Å². The Balaban J connectivity index is -0.000000320. The van der Waals surface area contributed by atoms with Crippen LogP contribution in [0, 0.1) is 0 Å². The molecule has 0 unspecified atom stereocenters. The Morgan fingerprint density at radius 1 is 1.09 bits per heavy atom. The first kappa shape index (κ1) is 18.0. The van der Waals surface area contributed by atoms with E-state index >= 15 is 0 Å². The zero-order chi connectivity index (χ0) is 7.33. The van der Waals surface area contributed by atoms with E-state index in [1.807, 2.05) is 0 Å². The summed E-state index contributed by atoms with van der Waals surface area (Å²) < 4.78 is 14.9. The molecular formula is C5H12ClNaO3Si. The second-order valence-electron chi connectivity index (χ2n) is 1.42. The summed E-state index contributed by atoms with van der Waals surface area (Å²) in [5.41, 5.74) is 1.58. The van der Waals surface area contributed by atoms with Gasteiger partial charge in [0.05, 0.1) is 0 Å². The van der Waals surface area contributed by atoms with Gasteiger partial charge in [0.15, 0.2) is 0 Å². The van der Waals surface area contributed by atoms with Gasteiger partial charge in [-0.05, 0) is 5.70 Å². The molecule has 0 N–H and O–H groups in total. The third kappa shape index (κ3) is 5.38. The maximum absolute atomic E-state index is 4.96. The number of hydrogen-bond acceptors (Lipinski definition) is 3.